The minimum absolute atomic E-state index is 0.502. The zero-order valence-electron chi connectivity index (χ0n) is 14.7. The molecule has 22 heavy (non-hydrogen) atoms. The molecular weight excluding hydrogens is 272 g/mol. The highest BCUT2D eigenvalue weighted by Crippen LogP contribution is 2.30. The first-order valence-corrected chi connectivity index (χ1v) is 9.58. The lowest BCUT2D eigenvalue weighted by molar-refractivity contribution is 0.107. The van der Waals surface area contributed by atoms with Crippen molar-refractivity contribution in [2.75, 3.05) is 39.3 Å². The summed E-state index contributed by atoms with van der Waals surface area (Å²) in [6.07, 6.45) is 9.69. The van der Waals surface area contributed by atoms with Crippen molar-refractivity contribution in [1.82, 2.24) is 20.9 Å². The molecule has 4 aliphatic rings. The van der Waals surface area contributed by atoms with E-state index >= 15 is 0 Å². The molecule has 0 aliphatic carbocycles. The van der Waals surface area contributed by atoms with Crippen LogP contribution in [0.3, 0.4) is 0 Å². The van der Waals surface area contributed by atoms with Crippen LogP contribution in [-0.4, -0.2) is 61.3 Å². The van der Waals surface area contributed by atoms with Crippen molar-refractivity contribution in [3.8, 4) is 0 Å². The summed E-state index contributed by atoms with van der Waals surface area (Å²) < 4.78 is 0. The van der Waals surface area contributed by atoms with Crippen molar-refractivity contribution in [3.63, 3.8) is 0 Å². The molecule has 2 spiro atoms. The van der Waals surface area contributed by atoms with Gasteiger partial charge in [0.05, 0.1) is 0 Å². The Hall–Kier alpha value is -0.160. The molecule has 0 bridgehead atoms. The number of hydrogen-bond donors (Lipinski definition) is 3. The second kappa shape index (κ2) is 7.16. The molecule has 2 atom stereocenters. The Labute approximate surface area is 136 Å². The van der Waals surface area contributed by atoms with E-state index in [1.54, 1.807) is 0 Å². The molecule has 128 valence electrons. The Bertz CT molecular complexity index is 337. The van der Waals surface area contributed by atoms with E-state index in [-0.39, 0.29) is 0 Å². The van der Waals surface area contributed by atoms with Gasteiger partial charge in [-0.25, -0.2) is 0 Å². The molecule has 4 fully saturated rings. The summed E-state index contributed by atoms with van der Waals surface area (Å²) in [5.74, 6) is 0. The number of nitrogens with zero attached hydrogens (tertiary/aromatic N) is 1. The van der Waals surface area contributed by atoms with Gasteiger partial charge in [-0.15, -0.1) is 0 Å². The summed E-state index contributed by atoms with van der Waals surface area (Å²) in [4.78, 5) is 2.63. The maximum absolute atomic E-state index is 3.72. The quantitative estimate of drug-likeness (QED) is 0.690. The standard InChI is InChI=1S/C11H22N2.C7H14N2/c1-10(2)13-8-4-6-11(9-13)5-3-7-12-11;1-2-7(3-5-9-7)6-8-4-1/h10,12H,3-9H2,1-2H3;8-9H,1-6H2. The molecule has 4 heteroatoms. The van der Waals surface area contributed by atoms with Crippen molar-refractivity contribution < 1.29 is 0 Å². The minimum Gasteiger partial charge on any atom is -0.315 e. The average Bonchev–Trinajstić information content (AvgIpc) is 2.95. The highest BCUT2D eigenvalue weighted by molar-refractivity contribution is 5.00. The first kappa shape index (κ1) is 16.7. The SMILES string of the molecule is C1CNCC2(C1)CCN2.CC(C)N1CCCC2(CCCN2)C1. The molecule has 4 saturated heterocycles. The van der Waals surface area contributed by atoms with Crippen LogP contribution in [0.25, 0.3) is 0 Å². The number of hydrogen-bond acceptors (Lipinski definition) is 4. The Kier molecular flexibility index (Phi) is 5.43. The van der Waals surface area contributed by atoms with Crippen molar-refractivity contribution in [2.45, 2.75) is 75.9 Å². The second-order valence-corrected chi connectivity index (χ2v) is 8.22. The fourth-order valence-corrected chi connectivity index (χ4v) is 4.64. The number of piperidine rings is 2. The molecule has 4 aliphatic heterocycles. The largest absolute Gasteiger partial charge is 0.315 e. The van der Waals surface area contributed by atoms with E-state index in [1.807, 2.05) is 0 Å². The maximum atomic E-state index is 3.72. The molecule has 0 aromatic carbocycles. The van der Waals surface area contributed by atoms with Crippen LogP contribution in [0.4, 0.5) is 0 Å². The van der Waals surface area contributed by atoms with Crippen molar-refractivity contribution in [1.29, 1.82) is 0 Å². The lowest BCUT2D eigenvalue weighted by Gasteiger charge is -2.46. The summed E-state index contributed by atoms with van der Waals surface area (Å²) in [7, 11) is 0. The van der Waals surface area contributed by atoms with Gasteiger partial charge in [-0.1, -0.05) is 0 Å². The highest BCUT2D eigenvalue weighted by atomic mass is 15.2. The van der Waals surface area contributed by atoms with Gasteiger partial charge in [0.25, 0.3) is 0 Å². The fourth-order valence-electron chi connectivity index (χ4n) is 4.64. The van der Waals surface area contributed by atoms with Gasteiger partial charge in [0.1, 0.15) is 0 Å². The smallest absolute Gasteiger partial charge is 0.0318 e. The normalized spacial score (nSPS) is 38.9. The topological polar surface area (TPSA) is 39.3 Å². The van der Waals surface area contributed by atoms with E-state index < -0.39 is 0 Å². The second-order valence-electron chi connectivity index (χ2n) is 8.22. The zero-order valence-corrected chi connectivity index (χ0v) is 14.7. The van der Waals surface area contributed by atoms with Gasteiger partial charge >= 0.3 is 0 Å². The van der Waals surface area contributed by atoms with Crippen LogP contribution in [-0.2, 0) is 0 Å². The molecule has 3 N–H and O–H groups in total. The van der Waals surface area contributed by atoms with Crippen LogP contribution >= 0.6 is 0 Å². The predicted molar refractivity (Wildman–Crippen MR) is 93.4 cm³/mol. The predicted octanol–water partition coefficient (Wildman–Crippen LogP) is 1.71. The lowest BCUT2D eigenvalue weighted by Crippen LogP contribution is -2.64. The first-order valence-electron chi connectivity index (χ1n) is 9.58. The average molecular weight is 309 g/mol. The molecule has 0 aromatic rings. The van der Waals surface area contributed by atoms with Crippen LogP contribution in [0.1, 0.15) is 58.8 Å². The van der Waals surface area contributed by atoms with Gasteiger partial charge in [0.2, 0.25) is 0 Å². The zero-order chi connectivity index (χ0) is 15.5. The van der Waals surface area contributed by atoms with Crippen molar-refractivity contribution in [2.24, 2.45) is 0 Å². The highest BCUT2D eigenvalue weighted by Gasteiger charge is 2.38. The number of nitrogens with one attached hydrogen (secondary N) is 3. The molecule has 0 amide bonds. The third kappa shape index (κ3) is 3.84. The molecular formula is C18H36N4. The van der Waals surface area contributed by atoms with Crippen LogP contribution < -0.4 is 16.0 Å². The van der Waals surface area contributed by atoms with Gasteiger partial charge in [-0.05, 0) is 85.0 Å². The van der Waals surface area contributed by atoms with E-state index in [4.69, 9.17) is 0 Å². The monoisotopic (exact) mass is 308 g/mol. The third-order valence-electron chi connectivity index (χ3n) is 6.24. The molecule has 4 heterocycles. The molecule has 0 saturated carbocycles. The summed E-state index contributed by atoms with van der Waals surface area (Å²) in [5.41, 5.74) is 1.04. The van der Waals surface area contributed by atoms with Gasteiger partial charge < -0.3 is 16.0 Å². The van der Waals surface area contributed by atoms with E-state index in [9.17, 15) is 0 Å². The van der Waals surface area contributed by atoms with Crippen LogP contribution in [0, 0.1) is 0 Å². The van der Waals surface area contributed by atoms with Crippen LogP contribution in [0.15, 0.2) is 0 Å². The summed E-state index contributed by atoms with van der Waals surface area (Å²) in [6.45, 7) is 12.1. The molecule has 4 nitrogen and oxygen atoms in total. The summed E-state index contributed by atoms with van der Waals surface area (Å²) in [6, 6.07) is 0.722. The van der Waals surface area contributed by atoms with Gasteiger partial charge in [0.15, 0.2) is 0 Å². The molecule has 2 unspecified atom stereocenters. The van der Waals surface area contributed by atoms with Crippen LogP contribution in [0.5, 0.6) is 0 Å². The maximum Gasteiger partial charge on any atom is 0.0318 e. The third-order valence-corrected chi connectivity index (χ3v) is 6.24. The van der Waals surface area contributed by atoms with Crippen molar-refractivity contribution >= 4 is 0 Å². The van der Waals surface area contributed by atoms with Crippen molar-refractivity contribution in [3.05, 3.63) is 0 Å². The minimum atomic E-state index is 0.502. The fraction of sp³-hybridized carbons (Fsp3) is 1.00. The Morgan fingerprint density at radius 3 is 2.00 bits per heavy atom. The van der Waals surface area contributed by atoms with E-state index in [1.165, 1.54) is 84.2 Å². The molecule has 0 radical (unpaired) electrons. The summed E-state index contributed by atoms with van der Waals surface area (Å²) >= 11 is 0. The Morgan fingerprint density at radius 1 is 0.818 bits per heavy atom. The Balaban J connectivity index is 0.000000139. The van der Waals surface area contributed by atoms with Crippen LogP contribution in [0.2, 0.25) is 0 Å². The van der Waals surface area contributed by atoms with Gasteiger partial charge in [-0.2, -0.15) is 0 Å². The Morgan fingerprint density at radius 2 is 1.50 bits per heavy atom. The number of rotatable bonds is 1. The summed E-state index contributed by atoms with van der Waals surface area (Å²) in [5, 5.41) is 10.6. The van der Waals surface area contributed by atoms with Gasteiger partial charge in [0, 0.05) is 30.2 Å². The number of likely N-dealkylation sites (tertiary alicyclic amines) is 1. The lowest BCUT2D eigenvalue weighted by atomic mass is 9.81. The van der Waals surface area contributed by atoms with E-state index in [0.29, 0.717) is 11.1 Å². The van der Waals surface area contributed by atoms with E-state index in [0.717, 1.165) is 6.04 Å². The van der Waals surface area contributed by atoms with E-state index in [2.05, 4.69) is 34.7 Å². The molecule has 0 aromatic heterocycles. The molecule has 4 rings (SSSR count). The van der Waals surface area contributed by atoms with Gasteiger partial charge in [-0.3, -0.25) is 4.90 Å². The first-order chi connectivity index (χ1) is 10.6.